The van der Waals surface area contributed by atoms with Crippen LogP contribution in [0.5, 0.6) is 0 Å². The molecule has 4 heteroatoms. The molecule has 1 aliphatic heterocycles. The summed E-state index contributed by atoms with van der Waals surface area (Å²) in [6, 6.07) is -0.220. The van der Waals surface area contributed by atoms with Gasteiger partial charge in [-0.3, -0.25) is 4.79 Å². The van der Waals surface area contributed by atoms with E-state index in [1.807, 2.05) is 0 Å². The van der Waals surface area contributed by atoms with Crippen molar-refractivity contribution in [1.82, 2.24) is 5.32 Å². The van der Waals surface area contributed by atoms with Crippen LogP contribution in [0, 0.1) is 0 Å². The molecule has 0 aromatic carbocycles. The molecular weight excluding hydrogens is 158 g/mol. The SMILES string of the molecule is CC(CO)NC(=O)C1=CCCO1. The van der Waals surface area contributed by atoms with Gasteiger partial charge in [-0.2, -0.15) is 0 Å². The van der Waals surface area contributed by atoms with Crippen LogP contribution in [-0.4, -0.2) is 30.3 Å². The summed E-state index contributed by atoms with van der Waals surface area (Å²) in [6.07, 6.45) is 2.54. The van der Waals surface area contributed by atoms with Crippen LogP contribution >= 0.6 is 0 Å². The molecule has 1 aliphatic rings. The number of carbonyl (C=O) groups is 1. The predicted octanol–water partition coefficient (Wildman–Crippen LogP) is -0.212. The lowest BCUT2D eigenvalue weighted by Gasteiger charge is -2.10. The van der Waals surface area contributed by atoms with Crippen molar-refractivity contribution in [2.24, 2.45) is 0 Å². The van der Waals surface area contributed by atoms with E-state index < -0.39 is 0 Å². The van der Waals surface area contributed by atoms with E-state index in [2.05, 4.69) is 5.32 Å². The minimum Gasteiger partial charge on any atom is -0.488 e. The molecule has 0 saturated carbocycles. The number of rotatable bonds is 3. The molecular formula is C8H13NO3. The van der Waals surface area contributed by atoms with E-state index in [9.17, 15) is 4.79 Å². The molecule has 0 radical (unpaired) electrons. The maximum atomic E-state index is 11.2. The molecule has 0 aromatic heterocycles. The Bertz CT molecular complexity index is 200. The first-order valence-electron chi connectivity index (χ1n) is 3.98. The fourth-order valence-electron chi connectivity index (χ4n) is 0.917. The van der Waals surface area contributed by atoms with Crippen molar-refractivity contribution in [3.63, 3.8) is 0 Å². The van der Waals surface area contributed by atoms with Gasteiger partial charge in [0.1, 0.15) is 0 Å². The average molecular weight is 171 g/mol. The van der Waals surface area contributed by atoms with E-state index in [1.54, 1.807) is 13.0 Å². The molecule has 1 amide bonds. The Morgan fingerprint density at radius 2 is 2.67 bits per heavy atom. The molecule has 0 bridgehead atoms. The Kier molecular flexibility index (Phi) is 3.10. The summed E-state index contributed by atoms with van der Waals surface area (Å²) < 4.78 is 5.03. The largest absolute Gasteiger partial charge is 0.488 e. The van der Waals surface area contributed by atoms with Crippen LogP contribution in [0.3, 0.4) is 0 Å². The molecule has 0 saturated heterocycles. The zero-order chi connectivity index (χ0) is 8.97. The van der Waals surface area contributed by atoms with Crippen LogP contribution in [0.15, 0.2) is 11.8 Å². The predicted molar refractivity (Wildman–Crippen MR) is 43.3 cm³/mol. The first-order valence-corrected chi connectivity index (χ1v) is 3.98. The monoisotopic (exact) mass is 171 g/mol. The molecule has 4 nitrogen and oxygen atoms in total. The standard InChI is InChI=1S/C8H13NO3/c1-6(5-10)9-8(11)7-3-2-4-12-7/h3,6,10H,2,4-5H2,1H3,(H,9,11). The summed E-state index contributed by atoms with van der Waals surface area (Å²) in [5.41, 5.74) is 0. The number of hydrogen-bond donors (Lipinski definition) is 2. The molecule has 1 unspecified atom stereocenters. The van der Waals surface area contributed by atoms with E-state index in [-0.39, 0.29) is 18.6 Å². The summed E-state index contributed by atoms with van der Waals surface area (Å²) in [7, 11) is 0. The van der Waals surface area contributed by atoms with Gasteiger partial charge in [0.15, 0.2) is 5.76 Å². The fraction of sp³-hybridized carbons (Fsp3) is 0.625. The van der Waals surface area contributed by atoms with Crippen molar-refractivity contribution in [1.29, 1.82) is 0 Å². The van der Waals surface area contributed by atoms with Gasteiger partial charge in [0.25, 0.3) is 5.91 Å². The van der Waals surface area contributed by atoms with Crippen LogP contribution in [0.1, 0.15) is 13.3 Å². The third-order valence-corrected chi connectivity index (χ3v) is 1.58. The Balaban J connectivity index is 2.37. The van der Waals surface area contributed by atoms with Crippen molar-refractivity contribution in [3.8, 4) is 0 Å². The van der Waals surface area contributed by atoms with Gasteiger partial charge >= 0.3 is 0 Å². The van der Waals surface area contributed by atoms with Gasteiger partial charge in [0.05, 0.1) is 13.2 Å². The second kappa shape index (κ2) is 4.11. The summed E-state index contributed by atoms with van der Waals surface area (Å²) in [4.78, 5) is 11.2. The highest BCUT2D eigenvalue weighted by molar-refractivity contribution is 5.91. The van der Waals surface area contributed by atoms with Gasteiger partial charge in [-0.25, -0.2) is 0 Å². The lowest BCUT2D eigenvalue weighted by molar-refractivity contribution is -0.121. The quantitative estimate of drug-likeness (QED) is 0.617. The van der Waals surface area contributed by atoms with Crippen LogP contribution in [0.4, 0.5) is 0 Å². The van der Waals surface area contributed by atoms with Crippen molar-refractivity contribution in [2.75, 3.05) is 13.2 Å². The van der Waals surface area contributed by atoms with Crippen LogP contribution in [-0.2, 0) is 9.53 Å². The van der Waals surface area contributed by atoms with E-state index >= 15 is 0 Å². The van der Waals surface area contributed by atoms with E-state index in [0.29, 0.717) is 12.4 Å². The highest BCUT2D eigenvalue weighted by Crippen LogP contribution is 2.08. The van der Waals surface area contributed by atoms with Crippen molar-refractivity contribution in [2.45, 2.75) is 19.4 Å². The minimum atomic E-state index is -0.242. The van der Waals surface area contributed by atoms with Gasteiger partial charge in [-0.1, -0.05) is 0 Å². The van der Waals surface area contributed by atoms with E-state index in [0.717, 1.165) is 6.42 Å². The van der Waals surface area contributed by atoms with Gasteiger partial charge < -0.3 is 15.2 Å². The highest BCUT2D eigenvalue weighted by atomic mass is 16.5. The van der Waals surface area contributed by atoms with Crippen molar-refractivity contribution in [3.05, 3.63) is 11.8 Å². The van der Waals surface area contributed by atoms with Gasteiger partial charge in [-0.05, 0) is 13.0 Å². The van der Waals surface area contributed by atoms with Gasteiger partial charge in [-0.15, -0.1) is 0 Å². The van der Waals surface area contributed by atoms with Crippen molar-refractivity contribution < 1.29 is 14.6 Å². The van der Waals surface area contributed by atoms with Crippen LogP contribution in [0.2, 0.25) is 0 Å². The molecule has 1 rings (SSSR count). The normalized spacial score (nSPS) is 18.0. The molecule has 1 heterocycles. The van der Waals surface area contributed by atoms with Gasteiger partial charge in [0.2, 0.25) is 0 Å². The Hall–Kier alpha value is -1.03. The van der Waals surface area contributed by atoms with Crippen LogP contribution in [0.25, 0.3) is 0 Å². The second-order valence-electron chi connectivity index (χ2n) is 2.76. The minimum absolute atomic E-state index is 0.0565. The molecule has 0 spiro atoms. The molecule has 0 fully saturated rings. The lowest BCUT2D eigenvalue weighted by atomic mass is 10.3. The first-order chi connectivity index (χ1) is 5.74. The molecule has 0 aromatic rings. The fourth-order valence-corrected chi connectivity index (χ4v) is 0.917. The Labute approximate surface area is 71.2 Å². The molecule has 2 N–H and O–H groups in total. The van der Waals surface area contributed by atoms with Gasteiger partial charge in [0, 0.05) is 12.5 Å². The summed E-state index contributed by atoms with van der Waals surface area (Å²) >= 11 is 0. The Morgan fingerprint density at radius 1 is 1.92 bits per heavy atom. The summed E-state index contributed by atoms with van der Waals surface area (Å²) in [6.45, 7) is 2.25. The zero-order valence-electron chi connectivity index (χ0n) is 7.04. The maximum Gasteiger partial charge on any atom is 0.286 e. The molecule has 68 valence electrons. The molecule has 12 heavy (non-hydrogen) atoms. The summed E-state index contributed by atoms with van der Waals surface area (Å²) in [5, 5.41) is 11.2. The smallest absolute Gasteiger partial charge is 0.286 e. The third-order valence-electron chi connectivity index (χ3n) is 1.58. The number of carbonyl (C=O) groups excluding carboxylic acids is 1. The zero-order valence-corrected chi connectivity index (χ0v) is 7.04. The maximum absolute atomic E-state index is 11.2. The number of hydrogen-bond acceptors (Lipinski definition) is 3. The average Bonchev–Trinajstić information content (AvgIpc) is 2.56. The number of ether oxygens (including phenoxy) is 1. The second-order valence-corrected chi connectivity index (χ2v) is 2.76. The molecule has 1 atom stereocenters. The number of nitrogens with one attached hydrogen (secondary N) is 1. The van der Waals surface area contributed by atoms with Crippen molar-refractivity contribution >= 4 is 5.91 Å². The van der Waals surface area contributed by atoms with Crippen LogP contribution < -0.4 is 5.32 Å². The lowest BCUT2D eigenvalue weighted by Crippen LogP contribution is -2.36. The van der Waals surface area contributed by atoms with E-state index in [1.165, 1.54) is 0 Å². The summed E-state index contributed by atoms with van der Waals surface area (Å²) in [5.74, 6) is 0.129. The highest BCUT2D eigenvalue weighted by Gasteiger charge is 2.15. The first kappa shape index (κ1) is 9.06. The number of aliphatic hydroxyl groups excluding tert-OH is 1. The number of aliphatic hydroxyl groups is 1. The Morgan fingerprint density at radius 3 is 3.17 bits per heavy atom. The molecule has 0 aliphatic carbocycles. The third kappa shape index (κ3) is 2.23. The van der Waals surface area contributed by atoms with E-state index in [4.69, 9.17) is 9.84 Å². The topological polar surface area (TPSA) is 58.6 Å². The number of amides is 1.